The lowest BCUT2D eigenvalue weighted by molar-refractivity contribution is 0.0994. The summed E-state index contributed by atoms with van der Waals surface area (Å²) in [6, 6.07) is 9.36. The van der Waals surface area contributed by atoms with Gasteiger partial charge in [-0.05, 0) is 42.3 Å². The molecular formula is C16H15NO3. The Morgan fingerprint density at radius 1 is 1.15 bits per heavy atom. The number of ether oxygens (including phenoxy) is 2. The minimum atomic E-state index is 0.225. The Morgan fingerprint density at radius 2 is 2.00 bits per heavy atom. The van der Waals surface area contributed by atoms with Gasteiger partial charge in [0.1, 0.15) is 18.1 Å². The van der Waals surface area contributed by atoms with E-state index in [4.69, 9.17) is 9.47 Å². The summed E-state index contributed by atoms with van der Waals surface area (Å²) in [4.78, 5) is 15.8. The zero-order valence-corrected chi connectivity index (χ0v) is 11.3. The molecular weight excluding hydrogens is 254 g/mol. The Bertz CT molecular complexity index is 635. The Morgan fingerprint density at radius 3 is 2.75 bits per heavy atom. The molecule has 0 unspecified atom stereocenters. The SMILES string of the molecule is COc1ccc(COc2ccc3c(c2)CCC3=O)nc1. The first-order valence-corrected chi connectivity index (χ1v) is 6.54. The van der Waals surface area contributed by atoms with Crippen LogP contribution in [0.2, 0.25) is 0 Å². The quantitative estimate of drug-likeness (QED) is 0.856. The molecule has 20 heavy (non-hydrogen) atoms. The van der Waals surface area contributed by atoms with Gasteiger partial charge in [-0.15, -0.1) is 0 Å². The highest BCUT2D eigenvalue weighted by Gasteiger charge is 2.19. The largest absolute Gasteiger partial charge is 0.495 e. The lowest BCUT2D eigenvalue weighted by Crippen LogP contribution is -1.99. The maximum atomic E-state index is 11.6. The fourth-order valence-electron chi connectivity index (χ4n) is 2.30. The Hall–Kier alpha value is -2.36. The van der Waals surface area contributed by atoms with Crippen molar-refractivity contribution in [2.75, 3.05) is 7.11 Å². The van der Waals surface area contributed by atoms with Gasteiger partial charge in [-0.3, -0.25) is 9.78 Å². The first-order valence-electron chi connectivity index (χ1n) is 6.54. The molecule has 0 saturated carbocycles. The van der Waals surface area contributed by atoms with E-state index in [-0.39, 0.29) is 5.78 Å². The number of ketones is 1. The average Bonchev–Trinajstić information content (AvgIpc) is 2.87. The summed E-state index contributed by atoms with van der Waals surface area (Å²) < 4.78 is 10.8. The second-order valence-electron chi connectivity index (χ2n) is 4.72. The normalized spacial score (nSPS) is 13.2. The topological polar surface area (TPSA) is 48.4 Å². The molecule has 4 nitrogen and oxygen atoms in total. The van der Waals surface area contributed by atoms with Crippen LogP contribution in [0, 0.1) is 0 Å². The van der Waals surface area contributed by atoms with Crippen LogP contribution >= 0.6 is 0 Å². The predicted molar refractivity (Wildman–Crippen MR) is 74.2 cm³/mol. The molecule has 0 radical (unpaired) electrons. The van der Waals surface area contributed by atoms with Crippen molar-refractivity contribution in [1.29, 1.82) is 0 Å². The molecule has 1 aromatic carbocycles. The summed E-state index contributed by atoms with van der Waals surface area (Å²) >= 11 is 0. The molecule has 1 aliphatic carbocycles. The van der Waals surface area contributed by atoms with Crippen molar-refractivity contribution in [3.05, 3.63) is 53.3 Å². The van der Waals surface area contributed by atoms with Crippen LogP contribution in [0.25, 0.3) is 0 Å². The molecule has 2 aromatic rings. The number of fused-ring (bicyclic) bond motifs is 1. The van der Waals surface area contributed by atoms with E-state index >= 15 is 0 Å². The molecule has 102 valence electrons. The minimum Gasteiger partial charge on any atom is -0.495 e. The monoisotopic (exact) mass is 269 g/mol. The van der Waals surface area contributed by atoms with Crippen molar-refractivity contribution < 1.29 is 14.3 Å². The van der Waals surface area contributed by atoms with Crippen molar-refractivity contribution in [2.45, 2.75) is 19.4 Å². The van der Waals surface area contributed by atoms with Crippen LogP contribution in [0.3, 0.4) is 0 Å². The van der Waals surface area contributed by atoms with Crippen molar-refractivity contribution in [3.8, 4) is 11.5 Å². The van der Waals surface area contributed by atoms with E-state index in [0.29, 0.717) is 13.0 Å². The van der Waals surface area contributed by atoms with Gasteiger partial charge in [0.25, 0.3) is 0 Å². The summed E-state index contributed by atoms with van der Waals surface area (Å²) in [5, 5.41) is 0. The fourth-order valence-corrected chi connectivity index (χ4v) is 2.30. The van der Waals surface area contributed by atoms with E-state index in [0.717, 1.165) is 34.7 Å². The summed E-state index contributed by atoms with van der Waals surface area (Å²) in [5.41, 5.74) is 2.75. The highest BCUT2D eigenvalue weighted by Crippen LogP contribution is 2.26. The second-order valence-corrected chi connectivity index (χ2v) is 4.72. The van der Waals surface area contributed by atoms with Gasteiger partial charge < -0.3 is 9.47 Å². The standard InChI is InChI=1S/C16H15NO3/c1-19-14-4-3-12(17-9-14)10-20-13-5-6-15-11(8-13)2-7-16(15)18/h3-6,8-9H,2,7,10H2,1H3. The zero-order valence-electron chi connectivity index (χ0n) is 11.3. The molecule has 1 heterocycles. The molecule has 0 bridgehead atoms. The lowest BCUT2D eigenvalue weighted by Gasteiger charge is -2.08. The number of hydrogen-bond acceptors (Lipinski definition) is 4. The van der Waals surface area contributed by atoms with E-state index in [1.807, 2.05) is 30.3 Å². The number of methoxy groups -OCH3 is 1. The number of carbonyl (C=O) groups is 1. The number of benzene rings is 1. The van der Waals surface area contributed by atoms with Gasteiger partial charge >= 0.3 is 0 Å². The van der Waals surface area contributed by atoms with Gasteiger partial charge in [0.05, 0.1) is 19.0 Å². The van der Waals surface area contributed by atoms with Crippen molar-refractivity contribution in [1.82, 2.24) is 4.98 Å². The number of nitrogens with zero attached hydrogens (tertiary/aromatic N) is 1. The Balaban J connectivity index is 1.67. The minimum absolute atomic E-state index is 0.225. The molecule has 0 spiro atoms. The lowest BCUT2D eigenvalue weighted by atomic mass is 10.1. The number of rotatable bonds is 4. The van der Waals surface area contributed by atoms with Gasteiger partial charge in [-0.2, -0.15) is 0 Å². The highest BCUT2D eigenvalue weighted by atomic mass is 16.5. The van der Waals surface area contributed by atoms with Crippen LogP contribution in [0.4, 0.5) is 0 Å². The third kappa shape index (κ3) is 2.50. The summed E-state index contributed by atoms with van der Waals surface area (Å²) in [6.45, 7) is 0.400. The number of hydrogen-bond donors (Lipinski definition) is 0. The number of aromatic nitrogens is 1. The van der Waals surface area contributed by atoms with Crippen molar-refractivity contribution >= 4 is 5.78 Å². The maximum Gasteiger partial charge on any atom is 0.163 e. The number of pyridine rings is 1. The summed E-state index contributed by atoms with van der Waals surface area (Å²) in [7, 11) is 1.61. The second kappa shape index (κ2) is 5.33. The summed E-state index contributed by atoms with van der Waals surface area (Å²) in [6.07, 6.45) is 3.09. The third-order valence-electron chi connectivity index (χ3n) is 3.42. The molecule has 3 rings (SSSR count). The van der Waals surface area contributed by atoms with Crippen LogP contribution in [0.1, 0.15) is 28.0 Å². The van der Waals surface area contributed by atoms with Crippen molar-refractivity contribution in [2.24, 2.45) is 0 Å². The molecule has 4 heteroatoms. The molecule has 0 amide bonds. The van der Waals surface area contributed by atoms with E-state index in [1.165, 1.54) is 0 Å². The van der Waals surface area contributed by atoms with Crippen LogP contribution in [0.15, 0.2) is 36.5 Å². The number of aryl methyl sites for hydroxylation is 1. The molecule has 1 aromatic heterocycles. The third-order valence-corrected chi connectivity index (χ3v) is 3.42. The Kier molecular flexibility index (Phi) is 3.37. The van der Waals surface area contributed by atoms with E-state index in [1.54, 1.807) is 13.3 Å². The van der Waals surface area contributed by atoms with Crippen LogP contribution < -0.4 is 9.47 Å². The first-order chi connectivity index (χ1) is 9.76. The zero-order chi connectivity index (χ0) is 13.9. The predicted octanol–water partition coefficient (Wildman–Crippen LogP) is 2.80. The first kappa shape index (κ1) is 12.7. The molecule has 1 aliphatic rings. The van der Waals surface area contributed by atoms with Gasteiger partial charge in [0, 0.05) is 12.0 Å². The van der Waals surface area contributed by atoms with Crippen LogP contribution in [0.5, 0.6) is 11.5 Å². The molecule has 0 saturated heterocycles. The smallest absolute Gasteiger partial charge is 0.163 e. The molecule has 0 atom stereocenters. The van der Waals surface area contributed by atoms with E-state index in [9.17, 15) is 4.79 Å². The molecule has 0 aliphatic heterocycles. The van der Waals surface area contributed by atoms with E-state index < -0.39 is 0 Å². The Labute approximate surface area is 117 Å². The van der Waals surface area contributed by atoms with Gasteiger partial charge in [0.2, 0.25) is 0 Å². The van der Waals surface area contributed by atoms with Gasteiger partial charge in [0.15, 0.2) is 5.78 Å². The van der Waals surface area contributed by atoms with Crippen LogP contribution in [-0.4, -0.2) is 17.9 Å². The van der Waals surface area contributed by atoms with Gasteiger partial charge in [-0.25, -0.2) is 0 Å². The average molecular weight is 269 g/mol. The van der Waals surface area contributed by atoms with Crippen molar-refractivity contribution in [3.63, 3.8) is 0 Å². The molecule has 0 fully saturated rings. The van der Waals surface area contributed by atoms with Crippen LogP contribution in [-0.2, 0) is 13.0 Å². The number of Topliss-reactive ketones (excluding diaryl/α,β-unsaturated/α-hetero) is 1. The van der Waals surface area contributed by atoms with Gasteiger partial charge in [-0.1, -0.05) is 0 Å². The molecule has 0 N–H and O–H groups in total. The number of carbonyl (C=O) groups excluding carboxylic acids is 1. The summed E-state index contributed by atoms with van der Waals surface area (Å²) in [5.74, 6) is 1.73. The highest BCUT2D eigenvalue weighted by molar-refractivity contribution is 6.00. The fraction of sp³-hybridized carbons (Fsp3) is 0.250. The van der Waals surface area contributed by atoms with E-state index in [2.05, 4.69) is 4.98 Å². The maximum absolute atomic E-state index is 11.6.